The number of hydrogen-bond acceptors (Lipinski definition) is 2. The second kappa shape index (κ2) is 7.47. The second-order valence-corrected chi connectivity index (χ2v) is 6.37. The first-order valence-corrected chi connectivity index (χ1v) is 8.40. The van der Waals surface area contributed by atoms with Gasteiger partial charge < -0.3 is 9.80 Å². The van der Waals surface area contributed by atoms with E-state index in [4.69, 9.17) is 0 Å². The molecule has 25 heavy (non-hydrogen) atoms. The summed E-state index contributed by atoms with van der Waals surface area (Å²) in [4.78, 5) is 27.5. The van der Waals surface area contributed by atoms with Crippen LogP contribution in [0.15, 0.2) is 48.5 Å². The van der Waals surface area contributed by atoms with E-state index in [0.717, 1.165) is 18.5 Å². The molecule has 0 aromatic heterocycles. The zero-order valence-electron chi connectivity index (χ0n) is 14.2. The zero-order valence-corrected chi connectivity index (χ0v) is 14.2. The van der Waals surface area contributed by atoms with Gasteiger partial charge in [0.2, 0.25) is 5.91 Å². The van der Waals surface area contributed by atoms with Crippen LogP contribution in [0.25, 0.3) is 0 Å². The van der Waals surface area contributed by atoms with Crippen molar-refractivity contribution in [3.05, 3.63) is 71.0 Å². The molecule has 1 aliphatic heterocycles. The molecule has 5 heteroatoms. The van der Waals surface area contributed by atoms with Gasteiger partial charge in [-0.1, -0.05) is 30.3 Å². The van der Waals surface area contributed by atoms with Gasteiger partial charge in [-0.05, 0) is 30.2 Å². The van der Waals surface area contributed by atoms with Crippen LogP contribution in [0.5, 0.6) is 0 Å². The number of rotatable bonds is 5. The first-order valence-electron chi connectivity index (χ1n) is 8.40. The summed E-state index contributed by atoms with van der Waals surface area (Å²) in [5.41, 5.74) is 2.04. The fraction of sp³-hybridized carbons (Fsp3) is 0.300. The molecule has 0 radical (unpaired) electrons. The van der Waals surface area contributed by atoms with Crippen LogP contribution < -0.4 is 0 Å². The first kappa shape index (κ1) is 17.1. The van der Waals surface area contributed by atoms with E-state index < -0.39 is 0 Å². The van der Waals surface area contributed by atoms with E-state index in [0.29, 0.717) is 24.1 Å². The normalized spacial score (nSPS) is 14.0. The molecule has 0 saturated carbocycles. The van der Waals surface area contributed by atoms with Gasteiger partial charge in [-0.25, -0.2) is 4.39 Å². The number of carbonyl (C=O) groups is 2. The van der Waals surface area contributed by atoms with E-state index in [9.17, 15) is 14.0 Å². The van der Waals surface area contributed by atoms with E-state index in [1.807, 2.05) is 17.0 Å². The monoisotopic (exact) mass is 340 g/mol. The summed E-state index contributed by atoms with van der Waals surface area (Å²) in [6.45, 7) is 1.60. The molecule has 2 amide bonds. The van der Waals surface area contributed by atoms with E-state index >= 15 is 0 Å². The summed E-state index contributed by atoms with van der Waals surface area (Å²) < 4.78 is 13.7. The number of benzene rings is 2. The lowest BCUT2D eigenvalue weighted by Crippen LogP contribution is -2.27. The quantitative estimate of drug-likeness (QED) is 0.838. The lowest BCUT2D eigenvalue weighted by molar-refractivity contribution is -0.128. The van der Waals surface area contributed by atoms with Crippen molar-refractivity contribution in [3.8, 4) is 0 Å². The summed E-state index contributed by atoms with van der Waals surface area (Å²) in [5, 5.41) is 0. The molecule has 2 aromatic rings. The van der Waals surface area contributed by atoms with Crippen molar-refractivity contribution in [3.63, 3.8) is 0 Å². The van der Waals surface area contributed by atoms with Crippen LogP contribution in [-0.4, -0.2) is 35.2 Å². The molecule has 2 aromatic carbocycles. The maximum atomic E-state index is 13.7. The standard InChI is InChI=1S/C20H21FN2O2/c1-22(14-17-5-2-3-6-18(17)21)20(25)16-10-8-15(9-11-16)13-23-12-4-7-19(23)24/h2-3,5-6,8-11H,4,7,12-14H2,1H3. The van der Waals surface area contributed by atoms with Gasteiger partial charge in [-0.15, -0.1) is 0 Å². The SMILES string of the molecule is CN(Cc1ccccc1F)C(=O)c1ccc(CN2CCCC2=O)cc1. The fourth-order valence-corrected chi connectivity index (χ4v) is 3.02. The van der Waals surface area contributed by atoms with E-state index in [2.05, 4.69) is 0 Å². The first-order chi connectivity index (χ1) is 12.0. The molecule has 3 rings (SSSR count). The highest BCUT2D eigenvalue weighted by molar-refractivity contribution is 5.94. The number of carbonyl (C=O) groups excluding carboxylic acids is 2. The molecule has 1 heterocycles. The molecule has 0 bridgehead atoms. The van der Waals surface area contributed by atoms with E-state index in [1.165, 1.54) is 11.0 Å². The Hall–Kier alpha value is -2.69. The van der Waals surface area contributed by atoms with Gasteiger partial charge in [0.05, 0.1) is 0 Å². The van der Waals surface area contributed by atoms with Gasteiger partial charge in [0.1, 0.15) is 5.82 Å². The predicted molar refractivity (Wildman–Crippen MR) is 93.3 cm³/mol. The van der Waals surface area contributed by atoms with Crippen molar-refractivity contribution in [1.82, 2.24) is 9.80 Å². The smallest absolute Gasteiger partial charge is 0.253 e. The molecule has 4 nitrogen and oxygen atoms in total. The van der Waals surface area contributed by atoms with Crippen LogP contribution in [0.2, 0.25) is 0 Å². The van der Waals surface area contributed by atoms with Crippen LogP contribution in [0.4, 0.5) is 4.39 Å². The Kier molecular flexibility index (Phi) is 5.12. The number of hydrogen-bond donors (Lipinski definition) is 0. The molecule has 1 saturated heterocycles. The summed E-state index contributed by atoms with van der Waals surface area (Å²) in [5.74, 6) is -0.287. The summed E-state index contributed by atoms with van der Waals surface area (Å²) in [6, 6.07) is 13.7. The summed E-state index contributed by atoms with van der Waals surface area (Å²) in [7, 11) is 1.66. The van der Waals surface area contributed by atoms with Crippen LogP contribution in [-0.2, 0) is 17.9 Å². The molecule has 130 valence electrons. The average Bonchev–Trinajstić information content (AvgIpc) is 3.02. The molecule has 0 unspecified atom stereocenters. The maximum absolute atomic E-state index is 13.7. The number of nitrogens with zero attached hydrogens (tertiary/aromatic N) is 2. The minimum absolute atomic E-state index is 0.160. The molecule has 0 spiro atoms. The van der Waals surface area contributed by atoms with Gasteiger partial charge in [0, 0.05) is 44.2 Å². The Morgan fingerprint density at radius 2 is 1.88 bits per heavy atom. The molecule has 0 N–H and O–H groups in total. The molecular weight excluding hydrogens is 319 g/mol. The number of amides is 2. The van der Waals surface area contributed by atoms with Crippen molar-refractivity contribution in [2.24, 2.45) is 0 Å². The lowest BCUT2D eigenvalue weighted by Gasteiger charge is -2.19. The van der Waals surface area contributed by atoms with Gasteiger partial charge in [-0.3, -0.25) is 9.59 Å². The van der Waals surface area contributed by atoms with Crippen molar-refractivity contribution in [1.29, 1.82) is 0 Å². The van der Waals surface area contributed by atoms with Crippen LogP contribution in [0.3, 0.4) is 0 Å². The molecular formula is C20H21FN2O2. The van der Waals surface area contributed by atoms with Gasteiger partial charge >= 0.3 is 0 Å². The third-order valence-electron chi connectivity index (χ3n) is 4.46. The minimum atomic E-state index is -0.312. The van der Waals surface area contributed by atoms with E-state index in [-0.39, 0.29) is 24.2 Å². The largest absolute Gasteiger partial charge is 0.338 e. The summed E-state index contributed by atoms with van der Waals surface area (Å²) >= 11 is 0. The van der Waals surface area contributed by atoms with Crippen LogP contribution >= 0.6 is 0 Å². The Labute approximate surface area is 146 Å². The van der Waals surface area contributed by atoms with Crippen molar-refractivity contribution in [2.75, 3.05) is 13.6 Å². The fourth-order valence-electron chi connectivity index (χ4n) is 3.02. The third kappa shape index (κ3) is 4.05. The molecule has 1 aliphatic rings. The average molecular weight is 340 g/mol. The van der Waals surface area contributed by atoms with Crippen molar-refractivity contribution < 1.29 is 14.0 Å². The highest BCUT2D eigenvalue weighted by Crippen LogP contribution is 2.16. The third-order valence-corrected chi connectivity index (χ3v) is 4.46. The number of halogens is 1. The Morgan fingerprint density at radius 3 is 2.52 bits per heavy atom. The zero-order chi connectivity index (χ0) is 17.8. The molecule has 0 aliphatic carbocycles. The van der Waals surface area contributed by atoms with Crippen LogP contribution in [0.1, 0.15) is 34.3 Å². The van der Waals surface area contributed by atoms with Crippen molar-refractivity contribution >= 4 is 11.8 Å². The second-order valence-electron chi connectivity index (χ2n) is 6.37. The maximum Gasteiger partial charge on any atom is 0.253 e. The number of likely N-dealkylation sites (tertiary alicyclic amines) is 1. The topological polar surface area (TPSA) is 40.6 Å². The Bertz CT molecular complexity index is 774. The molecule has 1 fully saturated rings. The Balaban J connectivity index is 1.64. The van der Waals surface area contributed by atoms with Gasteiger partial charge in [-0.2, -0.15) is 0 Å². The van der Waals surface area contributed by atoms with Crippen molar-refractivity contribution in [2.45, 2.75) is 25.9 Å². The van der Waals surface area contributed by atoms with Crippen LogP contribution in [0, 0.1) is 5.82 Å². The highest BCUT2D eigenvalue weighted by Gasteiger charge is 2.20. The van der Waals surface area contributed by atoms with Gasteiger partial charge in [0.15, 0.2) is 0 Å². The lowest BCUT2D eigenvalue weighted by atomic mass is 10.1. The molecule has 0 atom stereocenters. The van der Waals surface area contributed by atoms with Gasteiger partial charge in [0.25, 0.3) is 5.91 Å². The highest BCUT2D eigenvalue weighted by atomic mass is 19.1. The minimum Gasteiger partial charge on any atom is -0.338 e. The Morgan fingerprint density at radius 1 is 1.16 bits per heavy atom. The predicted octanol–water partition coefficient (Wildman–Crippen LogP) is 3.22. The van der Waals surface area contributed by atoms with E-state index in [1.54, 1.807) is 37.4 Å². The summed E-state index contributed by atoms with van der Waals surface area (Å²) in [6.07, 6.45) is 1.54.